The first-order chi connectivity index (χ1) is 12.2. The largest absolute Gasteiger partial charge is 0.492 e. The Kier molecular flexibility index (Phi) is 9.01. The highest BCUT2D eigenvalue weighted by atomic mass is 35.5. The van der Waals surface area contributed by atoms with Crippen molar-refractivity contribution in [1.82, 2.24) is 16.2 Å². The summed E-state index contributed by atoms with van der Waals surface area (Å²) in [5, 5.41) is 3.20. The van der Waals surface area contributed by atoms with Crippen LogP contribution in [0.15, 0.2) is 18.2 Å². The standard InChI is InChI=1S/C16H22Cl2N4O4/c1-9(2)14(20-16(19)25)15(24)22-21-13(23)4-3-7-26-12-6-5-10(17)8-11(12)18/h5-6,8-9,14H,3-4,7H2,1-2H3,(H,21,23)(H,22,24)(H3,19,20,25). The second-order valence-electron chi connectivity index (χ2n) is 5.79. The number of carbonyl (C=O) groups excluding carboxylic acids is 3. The number of carbonyl (C=O) groups is 3. The van der Waals surface area contributed by atoms with Gasteiger partial charge in [-0.1, -0.05) is 37.0 Å². The first-order valence-corrected chi connectivity index (χ1v) is 8.68. The third-order valence-corrected chi connectivity index (χ3v) is 3.80. The van der Waals surface area contributed by atoms with E-state index in [1.54, 1.807) is 32.0 Å². The van der Waals surface area contributed by atoms with E-state index in [4.69, 9.17) is 33.7 Å². The van der Waals surface area contributed by atoms with Crippen molar-refractivity contribution in [3.63, 3.8) is 0 Å². The Labute approximate surface area is 161 Å². The van der Waals surface area contributed by atoms with Gasteiger partial charge in [-0.15, -0.1) is 0 Å². The lowest BCUT2D eigenvalue weighted by molar-refractivity contribution is -0.130. The van der Waals surface area contributed by atoms with Crippen LogP contribution in [0.3, 0.4) is 0 Å². The average Bonchev–Trinajstić information content (AvgIpc) is 2.55. The zero-order valence-corrected chi connectivity index (χ0v) is 16.0. The number of hydrogen-bond acceptors (Lipinski definition) is 4. The Bertz CT molecular complexity index is 655. The molecule has 0 radical (unpaired) electrons. The zero-order chi connectivity index (χ0) is 19.7. The van der Waals surface area contributed by atoms with Gasteiger partial charge in [0, 0.05) is 11.4 Å². The normalized spacial score (nSPS) is 11.6. The van der Waals surface area contributed by atoms with E-state index >= 15 is 0 Å². The topological polar surface area (TPSA) is 123 Å². The minimum absolute atomic E-state index is 0.126. The van der Waals surface area contributed by atoms with Crippen LogP contribution in [-0.4, -0.2) is 30.5 Å². The van der Waals surface area contributed by atoms with E-state index in [9.17, 15) is 14.4 Å². The van der Waals surface area contributed by atoms with E-state index in [1.807, 2.05) is 0 Å². The van der Waals surface area contributed by atoms with Crippen molar-refractivity contribution < 1.29 is 19.1 Å². The third-order valence-electron chi connectivity index (χ3n) is 3.27. The summed E-state index contributed by atoms with van der Waals surface area (Å²) < 4.78 is 5.46. The number of nitrogens with two attached hydrogens (primary N) is 1. The molecule has 0 aliphatic rings. The van der Waals surface area contributed by atoms with Crippen LogP contribution in [0, 0.1) is 5.92 Å². The number of hydrogen-bond donors (Lipinski definition) is 4. The van der Waals surface area contributed by atoms with Gasteiger partial charge in [0.1, 0.15) is 11.8 Å². The first kappa shape index (κ1) is 21.9. The van der Waals surface area contributed by atoms with Crippen molar-refractivity contribution in [2.24, 2.45) is 11.7 Å². The summed E-state index contributed by atoms with van der Waals surface area (Å²) in [4.78, 5) is 34.6. The molecule has 1 aromatic carbocycles. The minimum Gasteiger partial charge on any atom is -0.492 e. The summed E-state index contributed by atoms with van der Waals surface area (Å²) in [6.07, 6.45) is 0.537. The van der Waals surface area contributed by atoms with Gasteiger partial charge in [0.05, 0.1) is 11.6 Å². The van der Waals surface area contributed by atoms with Gasteiger partial charge in [0.2, 0.25) is 5.91 Å². The fraction of sp³-hybridized carbons (Fsp3) is 0.438. The minimum atomic E-state index is -0.844. The fourth-order valence-corrected chi connectivity index (χ4v) is 2.43. The number of amides is 4. The fourth-order valence-electron chi connectivity index (χ4n) is 1.97. The van der Waals surface area contributed by atoms with Gasteiger partial charge in [0.15, 0.2) is 0 Å². The van der Waals surface area contributed by atoms with Crippen LogP contribution in [-0.2, 0) is 9.59 Å². The van der Waals surface area contributed by atoms with Gasteiger partial charge in [-0.3, -0.25) is 20.4 Å². The van der Waals surface area contributed by atoms with E-state index in [0.717, 1.165) is 0 Å². The predicted molar refractivity (Wildman–Crippen MR) is 98.8 cm³/mol. The summed E-state index contributed by atoms with van der Waals surface area (Å²) in [6.45, 7) is 3.74. The molecular weight excluding hydrogens is 383 g/mol. The number of halogens is 2. The molecule has 1 aromatic rings. The van der Waals surface area contributed by atoms with E-state index in [2.05, 4.69) is 16.2 Å². The van der Waals surface area contributed by atoms with Crippen LogP contribution in [0.25, 0.3) is 0 Å². The molecule has 1 rings (SSSR count). The van der Waals surface area contributed by atoms with Crippen molar-refractivity contribution in [3.8, 4) is 5.75 Å². The molecule has 5 N–H and O–H groups in total. The Morgan fingerprint density at radius 3 is 2.46 bits per heavy atom. The van der Waals surface area contributed by atoms with Crippen LogP contribution in [0.1, 0.15) is 26.7 Å². The second-order valence-corrected chi connectivity index (χ2v) is 6.64. The molecule has 0 bridgehead atoms. The number of benzene rings is 1. The van der Waals surface area contributed by atoms with Crippen LogP contribution < -0.4 is 26.6 Å². The lowest BCUT2D eigenvalue weighted by atomic mass is 10.0. The Morgan fingerprint density at radius 2 is 1.88 bits per heavy atom. The SMILES string of the molecule is CC(C)C(NC(N)=O)C(=O)NNC(=O)CCCOc1ccc(Cl)cc1Cl. The maximum absolute atomic E-state index is 12.0. The van der Waals surface area contributed by atoms with Crippen molar-refractivity contribution in [2.45, 2.75) is 32.7 Å². The highest BCUT2D eigenvalue weighted by Crippen LogP contribution is 2.27. The predicted octanol–water partition coefficient (Wildman–Crippen LogP) is 1.99. The third kappa shape index (κ3) is 7.79. The monoisotopic (exact) mass is 404 g/mol. The summed E-state index contributed by atoms with van der Waals surface area (Å²) in [7, 11) is 0. The summed E-state index contributed by atoms with van der Waals surface area (Å²) in [5.41, 5.74) is 9.56. The van der Waals surface area contributed by atoms with Gasteiger partial charge in [-0.2, -0.15) is 0 Å². The molecule has 0 fully saturated rings. The molecule has 10 heteroatoms. The Hall–Kier alpha value is -2.19. The maximum Gasteiger partial charge on any atom is 0.312 e. The van der Waals surface area contributed by atoms with E-state index < -0.39 is 23.9 Å². The van der Waals surface area contributed by atoms with Gasteiger partial charge in [-0.25, -0.2) is 4.79 Å². The molecule has 0 aliphatic heterocycles. The molecular formula is C16H22Cl2N4O4. The van der Waals surface area contributed by atoms with Crippen molar-refractivity contribution >= 4 is 41.0 Å². The molecule has 4 amide bonds. The van der Waals surface area contributed by atoms with Crippen LogP contribution in [0.5, 0.6) is 5.75 Å². The molecule has 26 heavy (non-hydrogen) atoms. The molecule has 0 spiro atoms. The molecule has 144 valence electrons. The van der Waals surface area contributed by atoms with Gasteiger partial charge in [0.25, 0.3) is 5.91 Å². The molecule has 1 unspecified atom stereocenters. The number of urea groups is 1. The lowest BCUT2D eigenvalue weighted by Gasteiger charge is -2.20. The van der Waals surface area contributed by atoms with Crippen molar-refractivity contribution in [3.05, 3.63) is 28.2 Å². The second kappa shape index (κ2) is 10.7. The molecule has 0 aromatic heterocycles. The van der Waals surface area contributed by atoms with Crippen molar-refractivity contribution in [2.75, 3.05) is 6.61 Å². The molecule has 0 heterocycles. The molecule has 1 atom stereocenters. The molecule has 0 saturated heterocycles. The number of nitrogens with one attached hydrogen (secondary N) is 3. The first-order valence-electron chi connectivity index (χ1n) is 7.93. The van der Waals surface area contributed by atoms with E-state index in [-0.39, 0.29) is 18.9 Å². The van der Waals surface area contributed by atoms with Gasteiger partial charge < -0.3 is 15.8 Å². The highest BCUT2D eigenvalue weighted by molar-refractivity contribution is 6.35. The number of rotatable bonds is 8. The van der Waals surface area contributed by atoms with Crippen LogP contribution in [0.2, 0.25) is 10.0 Å². The van der Waals surface area contributed by atoms with Crippen LogP contribution >= 0.6 is 23.2 Å². The molecule has 0 aliphatic carbocycles. The molecule has 0 saturated carbocycles. The van der Waals surface area contributed by atoms with Crippen LogP contribution in [0.4, 0.5) is 4.79 Å². The molecule has 8 nitrogen and oxygen atoms in total. The van der Waals surface area contributed by atoms with Gasteiger partial charge in [-0.05, 0) is 30.5 Å². The maximum atomic E-state index is 12.0. The summed E-state index contributed by atoms with van der Waals surface area (Å²) >= 11 is 11.8. The Balaban J connectivity index is 2.31. The zero-order valence-electron chi connectivity index (χ0n) is 14.5. The summed E-state index contributed by atoms with van der Waals surface area (Å²) in [5.74, 6) is -0.680. The number of hydrazine groups is 1. The van der Waals surface area contributed by atoms with E-state index in [1.165, 1.54) is 0 Å². The lowest BCUT2D eigenvalue weighted by Crippen LogP contribution is -2.55. The number of ether oxygens (including phenoxy) is 1. The van der Waals surface area contributed by atoms with E-state index in [0.29, 0.717) is 22.2 Å². The number of primary amides is 1. The average molecular weight is 405 g/mol. The summed E-state index contributed by atoms with van der Waals surface area (Å²) in [6, 6.07) is 3.19. The highest BCUT2D eigenvalue weighted by Gasteiger charge is 2.23. The quantitative estimate of drug-likeness (QED) is 0.390. The van der Waals surface area contributed by atoms with Crippen molar-refractivity contribution in [1.29, 1.82) is 0 Å². The van der Waals surface area contributed by atoms with Gasteiger partial charge >= 0.3 is 6.03 Å². The smallest absolute Gasteiger partial charge is 0.312 e. The Morgan fingerprint density at radius 1 is 1.19 bits per heavy atom.